The van der Waals surface area contributed by atoms with E-state index in [1.165, 1.54) is 25.7 Å². The average Bonchev–Trinajstić information content (AvgIpc) is 3.31. The molecule has 0 aromatic heterocycles. The van der Waals surface area contributed by atoms with Gasteiger partial charge in [-0.3, -0.25) is 5.32 Å². The summed E-state index contributed by atoms with van der Waals surface area (Å²) in [4.78, 5) is 4.59. The number of amidine groups is 1. The molecular weight excluding hydrogens is 442 g/mol. The molecule has 192 valence electrons. The van der Waals surface area contributed by atoms with Crippen LogP contribution in [0.25, 0.3) is 0 Å². The van der Waals surface area contributed by atoms with Crippen molar-refractivity contribution in [3.63, 3.8) is 0 Å². The van der Waals surface area contributed by atoms with E-state index >= 15 is 0 Å². The van der Waals surface area contributed by atoms with Gasteiger partial charge in [0.25, 0.3) is 0 Å². The van der Waals surface area contributed by atoms with Crippen molar-refractivity contribution in [1.82, 2.24) is 10.8 Å². The minimum atomic E-state index is -0.154. The number of hydroxylamine groups is 1. The fraction of sp³-hybridized carbons (Fsp3) is 0.957. The number of azo groups is 1. The highest BCUT2D eigenvalue weighted by atomic mass is 32.2. The number of nitrogens with one attached hydrogen (secondary N) is 2. The molecule has 33 heavy (non-hydrogen) atoms. The van der Waals surface area contributed by atoms with Crippen molar-refractivity contribution in [3.05, 3.63) is 0 Å². The second kappa shape index (κ2) is 16.9. The average molecular weight is 488 g/mol. The Morgan fingerprint density at radius 1 is 1.06 bits per heavy atom. The number of ether oxygens (including phenoxy) is 2. The van der Waals surface area contributed by atoms with E-state index in [9.17, 15) is 5.21 Å². The summed E-state index contributed by atoms with van der Waals surface area (Å²) < 4.78 is 12.7. The van der Waals surface area contributed by atoms with Crippen LogP contribution in [0.1, 0.15) is 84.0 Å². The Hall–Kier alpha value is -0.620. The summed E-state index contributed by atoms with van der Waals surface area (Å²) in [6.07, 6.45) is 13.5. The highest BCUT2D eigenvalue weighted by molar-refractivity contribution is 8.13. The van der Waals surface area contributed by atoms with Gasteiger partial charge in [-0.25, -0.2) is 10.5 Å². The van der Waals surface area contributed by atoms with Crippen molar-refractivity contribution >= 4 is 16.9 Å². The molecule has 2 aliphatic heterocycles. The van der Waals surface area contributed by atoms with Crippen LogP contribution in [0.2, 0.25) is 0 Å². The van der Waals surface area contributed by atoms with Gasteiger partial charge in [-0.05, 0) is 63.8 Å². The lowest BCUT2D eigenvalue weighted by Crippen LogP contribution is -2.43. The summed E-state index contributed by atoms with van der Waals surface area (Å²) in [5.41, 5.74) is 2.48. The number of nitrogens with zero attached hydrogens (tertiary/aromatic N) is 3. The molecule has 2 fully saturated rings. The van der Waals surface area contributed by atoms with Crippen LogP contribution < -0.4 is 10.8 Å². The fourth-order valence-corrected chi connectivity index (χ4v) is 5.55. The maximum atomic E-state index is 9.34. The maximum absolute atomic E-state index is 9.34. The maximum Gasteiger partial charge on any atom is 0.206 e. The Kier molecular flexibility index (Phi) is 14.7. The highest BCUT2D eigenvalue weighted by Gasteiger charge is 2.38. The van der Waals surface area contributed by atoms with Crippen LogP contribution >= 0.6 is 11.8 Å². The summed E-state index contributed by atoms with van der Waals surface area (Å²) in [5.74, 6) is 1.49. The lowest BCUT2D eigenvalue weighted by atomic mass is 9.82. The summed E-state index contributed by atoms with van der Waals surface area (Å²) in [6, 6.07) is 0.201. The molecule has 3 rings (SSSR count). The van der Waals surface area contributed by atoms with Gasteiger partial charge in [0.15, 0.2) is 0 Å². The third kappa shape index (κ3) is 10.3. The van der Waals surface area contributed by atoms with E-state index in [1.54, 1.807) is 11.8 Å². The van der Waals surface area contributed by atoms with Crippen molar-refractivity contribution in [2.75, 3.05) is 25.6 Å². The van der Waals surface area contributed by atoms with E-state index in [0.717, 1.165) is 75.4 Å². The zero-order chi connectivity index (χ0) is 22.4. The summed E-state index contributed by atoms with van der Waals surface area (Å²) in [6.45, 7) is 4.14. The third-order valence-corrected chi connectivity index (χ3v) is 7.75. The van der Waals surface area contributed by atoms with Crippen molar-refractivity contribution in [2.24, 2.45) is 21.1 Å². The second-order valence-electron chi connectivity index (χ2n) is 9.24. The number of aliphatic imine (C=N–C) groups is 1. The number of rotatable bonds is 5. The number of hydrogen-bond acceptors (Lipinski definition) is 9. The molecule has 0 radical (unpaired) electrons. The molecule has 0 aromatic rings. The normalized spacial score (nSPS) is 32.9. The molecule has 1 aliphatic carbocycles. The largest absolute Gasteiger partial charge is 0.412 e. The summed E-state index contributed by atoms with van der Waals surface area (Å²) in [5, 5.41) is 22.4. The Morgan fingerprint density at radius 2 is 1.88 bits per heavy atom. The zero-order valence-corrected chi connectivity index (χ0v) is 21.0. The second-order valence-corrected chi connectivity index (χ2v) is 10.3. The Morgan fingerprint density at radius 3 is 2.73 bits per heavy atom. The smallest absolute Gasteiger partial charge is 0.206 e. The molecule has 0 bridgehead atoms. The minimum absolute atomic E-state index is 0. The molecule has 5 atom stereocenters. The monoisotopic (exact) mass is 487 g/mol. The molecule has 1 saturated carbocycles. The standard InChI is InChI=1S/C23H43N5O3S.H2O/c1-2-15-32-23-25-17-30-22(24-13-6-4-3-5-7-14-26-27-23)21-12-11-20(31-21)18-9-8-10-19(16-18)28-29;/h18-22,24,28-29H,2-17H2,1H3;1H2. The number of thioether (sulfide) groups is 1. The van der Waals surface area contributed by atoms with Gasteiger partial charge in [0, 0.05) is 11.8 Å². The molecule has 2 heterocycles. The molecule has 0 spiro atoms. The van der Waals surface area contributed by atoms with Crippen LogP contribution in [0, 0.1) is 5.92 Å². The molecule has 9 nitrogen and oxygen atoms in total. The lowest BCUT2D eigenvalue weighted by Gasteiger charge is -2.32. The molecule has 5 N–H and O–H groups in total. The van der Waals surface area contributed by atoms with Gasteiger partial charge in [-0.2, -0.15) is 5.11 Å². The van der Waals surface area contributed by atoms with E-state index < -0.39 is 0 Å². The van der Waals surface area contributed by atoms with Crippen molar-refractivity contribution in [1.29, 1.82) is 0 Å². The Balaban J connectivity index is 0.00000385. The molecule has 1 saturated heterocycles. The SMILES string of the molecule is CCCSC1=NCOC(C2CCC(C3CCCC(NO)C3)O2)NCCCCCCCN=N1.O. The molecule has 10 heteroatoms. The van der Waals surface area contributed by atoms with E-state index in [-0.39, 0.29) is 36.7 Å². The summed E-state index contributed by atoms with van der Waals surface area (Å²) >= 11 is 1.65. The number of hydrogen-bond donors (Lipinski definition) is 3. The predicted molar refractivity (Wildman–Crippen MR) is 133 cm³/mol. The molecule has 0 amide bonds. The van der Waals surface area contributed by atoms with Crippen LogP contribution in [-0.4, -0.2) is 65.9 Å². The van der Waals surface area contributed by atoms with Crippen molar-refractivity contribution in [3.8, 4) is 0 Å². The van der Waals surface area contributed by atoms with Gasteiger partial charge in [0.2, 0.25) is 5.17 Å². The van der Waals surface area contributed by atoms with Crippen LogP contribution in [0.5, 0.6) is 0 Å². The quantitative estimate of drug-likeness (QED) is 0.501. The molecule has 3 aliphatic rings. The fourth-order valence-electron chi connectivity index (χ4n) is 4.90. The van der Waals surface area contributed by atoms with Crippen LogP contribution in [0.3, 0.4) is 0 Å². The summed E-state index contributed by atoms with van der Waals surface area (Å²) in [7, 11) is 0. The lowest BCUT2D eigenvalue weighted by molar-refractivity contribution is -0.0966. The van der Waals surface area contributed by atoms with Gasteiger partial charge in [0.1, 0.15) is 13.0 Å². The van der Waals surface area contributed by atoms with Gasteiger partial charge >= 0.3 is 0 Å². The minimum Gasteiger partial charge on any atom is -0.412 e. The van der Waals surface area contributed by atoms with Gasteiger partial charge in [-0.15, -0.1) is 5.11 Å². The van der Waals surface area contributed by atoms with Crippen molar-refractivity contribution < 1.29 is 20.2 Å². The molecule has 5 unspecified atom stereocenters. The first kappa shape index (κ1) is 28.6. The van der Waals surface area contributed by atoms with Gasteiger partial charge < -0.3 is 20.2 Å². The highest BCUT2D eigenvalue weighted by Crippen LogP contribution is 2.35. The Labute approximate surface area is 203 Å². The van der Waals surface area contributed by atoms with Crippen LogP contribution in [0.15, 0.2) is 15.2 Å². The van der Waals surface area contributed by atoms with Gasteiger partial charge in [0.05, 0.1) is 18.8 Å². The van der Waals surface area contributed by atoms with E-state index in [1.807, 2.05) is 0 Å². The van der Waals surface area contributed by atoms with Crippen LogP contribution in [0.4, 0.5) is 0 Å². The third-order valence-electron chi connectivity index (χ3n) is 6.67. The van der Waals surface area contributed by atoms with E-state index in [2.05, 4.69) is 32.9 Å². The molecule has 0 aromatic carbocycles. The van der Waals surface area contributed by atoms with Crippen molar-refractivity contribution in [2.45, 2.75) is 108 Å². The first-order chi connectivity index (χ1) is 15.8. The Bertz CT molecular complexity index is 583. The predicted octanol–water partition coefficient (Wildman–Crippen LogP) is 4.05. The van der Waals surface area contributed by atoms with Gasteiger partial charge in [-0.1, -0.05) is 44.4 Å². The van der Waals surface area contributed by atoms with Crippen LogP contribution in [-0.2, 0) is 9.47 Å². The first-order valence-corrected chi connectivity index (χ1v) is 13.7. The van der Waals surface area contributed by atoms with E-state index in [0.29, 0.717) is 5.92 Å². The topological polar surface area (TPSA) is 131 Å². The zero-order valence-electron chi connectivity index (χ0n) is 20.2. The molecular formula is C23H45N5O4S. The first-order valence-electron chi connectivity index (χ1n) is 12.7. The van der Waals surface area contributed by atoms with E-state index in [4.69, 9.17) is 9.47 Å².